The van der Waals surface area contributed by atoms with E-state index in [1.54, 1.807) is 0 Å². The van der Waals surface area contributed by atoms with Crippen molar-refractivity contribution in [3.8, 4) is 0 Å². The standard InChI is InChI=1S/C19H31N5O2/c1-3-20-19(25)6-8-23-7-4-5-16(14-23)17-13-18(22-15(2)21-17)24-9-11-26-12-10-24/h13,16H,3-12,14H2,1-2H3,(H,20,25). The third kappa shape index (κ3) is 5.14. The molecule has 26 heavy (non-hydrogen) atoms. The number of morpholine rings is 1. The summed E-state index contributed by atoms with van der Waals surface area (Å²) < 4.78 is 5.45. The maximum atomic E-state index is 11.7. The van der Waals surface area contributed by atoms with Crippen LogP contribution in [0.3, 0.4) is 0 Å². The van der Waals surface area contributed by atoms with Gasteiger partial charge in [-0.05, 0) is 33.2 Å². The molecule has 1 amide bonds. The van der Waals surface area contributed by atoms with Gasteiger partial charge < -0.3 is 19.9 Å². The van der Waals surface area contributed by atoms with E-state index in [0.29, 0.717) is 18.9 Å². The third-order valence-electron chi connectivity index (χ3n) is 5.13. The number of ether oxygens (including phenoxy) is 1. The van der Waals surface area contributed by atoms with Crippen molar-refractivity contribution in [2.24, 2.45) is 0 Å². The second kappa shape index (κ2) is 9.28. The molecule has 2 aliphatic heterocycles. The highest BCUT2D eigenvalue weighted by Crippen LogP contribution is 2.28. The maximum absolute atomic E-state index is 11.7. The van der Waals surface area contributed by atoms with Crippen LogP contribution in [-0.4, -0.2) is 73.3 Å². The normalized spacial score (nSPS) is 21.6. The number of aryl methyl sites for hydroxylation is 1. The van der Waals surface area contributed by atoms with E-state index >= 15 is 0 Å². The van der Waals surface area contributed by atoms with Gasteiger partial charge in [-0.2, -0.15) is 0 Å². The van der Waals surface area contributed by atoms with Crippen molar-refractivity contribution >= 4 is 11.7 Å². The number of carbonyl (C=O) groups excluding carboxylic acids is 1. The van der Waals surface area contributed by atoms with Crippen LogP contribution in [0.25, 0.3) is 0 Å². The first kappa shape index (κ1) is 19.0. The van der Waals surface area contributed by atoms with Crippen LogP contribution < -0.4 is 10.2 Å². The summed E-state index contributed by atoms with van der Waals surface area (Å²) in [6.07, 6.45) is 2.87. The predicted octanol–water partition coefficient (Wildman–Crippen LogP) is 1.33. The number of carbonyl (C=O) groups is 1. The molecule has 2 aliphatic rings. The lowest BCUT2D eigenvalue weighted by Gasteiger charge is -2.33. The Morgan fingerprint density at radius 2 is 2.12 bits per heavy atom. The maximum Gasteiger partial charge on any atom is 0.221 e. The summed E-state index contributed by atoms with van der Waals surface area (Å²) in [6, 6.07) is 2.16. The lowest BCUT2D eigenvalue weighted by atomic mass is 9.94. The molecule has 0 aliphatic carbocycles. The molecule has 0 radical (unpaired) electrons. The van der Waals surface area contributed by atoms with Gasteiger partial charge in [0.05, 0.1) is 18.9 Å². The fourth-order valence-corrected chi connectivity index (χ4v) is 3.78. The Morgan fingerprint density at radius 1 is 1.31 bits per heavy atom. The van der Waals surface area contributed by atoms with Crippen LogP contribution in [0, 0.1) is 6.92 Å². The van der Waals surface area contributed by atoms with E-state index < -0.39 is 0 Å². The fourth-order valence-electron chi connectivity index (χ4n) is 3.78. The van der Waals surface area contributed by atoms with Gasteiger partial charge in [0.25, 0.3) is 0 Å². The Kier molecular flexibility index (Phi) is 6.80. The Labute approximate surface area is 156 Å². The molecule has 0 aromatic carbocycles. The van der Waals surface area contributed by atoms with Gasteiger partial charge in [0.15, 0.2) is 0 Å². The zero-order valence-electron chi connectivity index (χ0n) is 16.0. The molecule has 2 fully saturated rings. The molecule has 0 spiro atoms. The second-order valence-corrected chi connectivity index (χ2v) is 7.14. The minimum Gasteiger partial charge on any atom is -0.378 e. The predicted molar refractivity (Wildman–Crippen MR) is 102 cm³/mol. The summed E-state index contributed by atoms with van der Waals surface area (Å²) in [4.78, 5) is 25.8. The summed E-state index contributed by atoms with van der Waals surface area (Å²) in [6.45, 7) is 10.8. The molecule has 144 valence electrons. The molecule has 0 saturated carbocycles. The molecule has 7 heteroatoms. The molecular formula is C19H31N5O2. The highest BCUT2D eigenvalue weighted by molar-refractivity contribution is 5.75. The van der Waals surface area contributed by atoms with Crippen molar-refractivity contribution in [2.45, 2.75) is 39.0 Å². The number of rotatable bonds is 6. The first-order valence-electron chi connectivity index (χ1n) is 9.83. The van der Waals surface area contributed by atoms with Gasteiger partial charge >= 0.3 is 0 Å². The van der Waals surface area contributed by atoms with Crippen LogP contribution in [0.5, 0.6) is 0 Å². The van der Waals surface area contributed by atoms with E-state index in [9.17, 15) is 4.79 Å². The molecule has 3 rings (SSSR count). The van der Waals surface area contributed by atoms with E-state index in [4.69, 9.17) is 9.72 Å². The molecular weight excluding hydrogens is 330 g/mol. The van der Waals surface area contributed by atoms with E-state index in [-0.39, 0.29) is 5.91 Å². The van der Waals surface area contributed by atoms with Gasteiger partial charge in [0.1, 0.15) is 11.6 Å². The monoisotopic (exact) mass is 361 g/mol. The summed E-state index contributed by atoms with van der Waals surface area (Å²) in [5.74, 6) is 2.42. The molecule has 1 aromatic heterocycles. The topological polar surface area (TPSA) is 70.6 Å². The number of nitrogens with one attached hydrogen (secondary N) is 1. The number of hydrogen-bond donors (Lipinski definition) is 1. The van der Waals surface area contributed by atoms with Crippen molar-refractivity contribution in [2.75, 3.05) is 57.4 Å². The highest BCUT2D eigenvalue weighted by Gasteiger charge is 2.24. The molecule has 2 saturated heterocycles. The molecule has 1 unspecified atom stereocenters. The molecule has 0 bridgehead atoms. The summed E-state index contributed by atoms with van der Waals surface area (Å²) >= 11 is 0. The van der Waals surface area contributed by atoms with Gasteiger partial charge in [-0.1, -0.05) is 0 Å². The smallest absolute Gasteiger partial charge is 0.221 e. The zero-order valence-corrected chi connectivity index (χ0v) is 16.0. The van der Waals surface area contributed by atoms with E-state index in [2.05, 4.69) is 26.2 Å². The van der Waals surface area contributed by atoms with Crippen molar-refractivity contribution < 1.29 is 9.53 Å². The average molecular weight is 361 g/mol. The van der Waals surface area contributed by atoms with E-state index in [1.165, 1.54) is 0 Å². The van der Waals surface area contributed by atoms with Gasteiger partial charge in [0, 0.05) is 51.1 Å². The number of piperidine rings is 1. The quantitative estimate of drug-likeness (QED) is 0.824. The summed E-state index contributed by atoms with van der Waals surface area (Å²) in [5.41, 5.74) is 1.14. The lowest BCUT2D eigenvalue weighted by Crippen LogP contribution is -2.38. The third-order valence-corrected chi connectivity index (χ3v) is 5.13. The fraction of sp³-hybridized carbons (Fsp3) is 0.737. The van der Waals surface area contributed by atoms with Crippen molar-refractivity contribution in [1.82, 2.24) is 20.2 Å². The van der Waals surface area contributed by atoms with Crippen LogP contribution in [0.4, 0.5) is 5.82 Å². The number of nitrogens with zero attached hydrogens (tertiary/aromatic N) is 4. The summed E-state index contributed by atoms with van der Waals surface area (Å²) in [5, 5.41) is 2.88. The van der Waals surface area contributed by atoms with E-state index in [1.807, 2.05) is 13.8 Å². The number of likely N-dealkylation sites (tertiary alicyclic amines) is 1. The minimum absolute atomic E-state index is 0.141. The lowest BCUT2D eigenvalue weighted by molar-refractivity contribution is -0.121. The molecule has 1 aromatic rings. The molecule has 1 N–H and O–H groups in total. The SMILES string of the molecule is CCNC(=O)CCN1CCCC(c2cc(N3CCOCC3)nc(C)n2)C1. The Balaban J connectivity index is 1.64. The largest absolute Gasteiger partial charge is 0.378 e. The Morgan fingerprint density at radius 3 is 2.88 bits per heavy atom. The highest BCUT2D eigenvalue weighted by atomic mass is 16.5. The Hall–Kier alpha value is -1.73. The van der Waals surface area contributed by atoms with Gasteiger partial charge in [-0.3, -0.25) is 4.79 Å². The van der Waals surface area contributed by atoms with Gasteiger partial charge in [0.2, 0.25) is 5.91 Å². The number of amides is 1. The van der Waals surface area contributed by atoms with E-state index in [0.717, 1.165) is 76.1 Å². The zero-order chi connectivity index (χ0) is 18.4. The minimum atomic E-state index is 0.141. The van der Waals surface area contributed by atoms with Crippen LogP contribution in [0.1, 0.15) is 43.6 Å². The molecule has 3 heterocycles. The van der Waals surface area contributed by atoms with Crippen LogP contribution in [0.2, 0.25) is 0 Å². The number of hydrogen-bond acceptors (Lipinski definition) is 6. The summed E-state index contributed by atoms with van der Waals surface area (Å²) in [7, 11) is 0. The molecule has 1 atom stereocenters. The first-order chi connectivity index (χ1) is 12.7. The van der Waals surface area contributed by atoms with Gasteiger partial charge in [-0.25, -0.2) is 9.97 Å². The van der Waals surface area contributed by atoms with Crippen molar-refractivity contribution in [3.63, 3.8) is 0 Å². The van der Waals surface area contributed by atoms with Crippen LogP contribution in [0.15, 0.2) is 6.07 Å². The van der Waals surface area contributed by atoms with Crippen molar-refractivity contribution in [1.29, 1.82) is 0 Å². The van der Waals surface area contributed by atoms with Crippen molar-refractivity contribution in [3.05, 3.63) is 17.6 Å². The number of anilines is 1. The van der Waals surface area contributed by atoms with Crippen LogP contribution in [-0.2, 0) is 9.53 Å². The number of aromatic nitrogens is 2. The van der Waals surface area contributed by atoms with Crippen LogP contribution >= 0.6 is 0 Å². The first-order valence-corrected chi connectivity index (χ1v) is 9.83. The molecule has 7 nitrogen and oxygen atoms in total. The second-order valence-electron chi connectivity index (χ2n) is 7.14. The van der Waals surface area contributed by atoms with Gasteiger partial charge in [-0.15, -0.1) is 0 Å². The Bertz CT molecular complexity index is 604. The average Bonchev–Trinajstić information content (AvgIpc) is 2.67.